The van der Waals surface area contributed by atoms with Crippen LogP contribution < -0.4 is 5.32 Å². The Morgan fingerprint density at radius 2 is 2.11 bits per heavy atom. The SMILES string of the molecule is CCCNc1cc(C(C)C)nc(C(OC)C2CC2)n1. The maximum Gasteiger partial charge on any atom is 0.160 e. The molecular formula is C15H25N3O. The number of hydrogen-bond donors (Lipinski definition) is 1. The van der Waals surface area contributed by atoms with Crippen LogP contribution in [-0.4, -0.2) is 23.6 Å². The fourth-order valence-electron chi connectivity index (χ4n) is 2.16. The van der Waals surface area contributed by atoms with Gasteiger partial charge in [0.1, 0.15) is 11.9 Å². The van der Waals surface area contributed by atoms with Gasteiger partial charge in [0.05, 0.1) is 0 Å². The van der Waals surface area contributed by atoms with Crippen LogP contribution >= 0.6 is 0 Å². The van der Waals surface area contributed by atoms with E-state index in [-0.39, 0.29) is 6.10 Å². The molecule has 0 radical (unpaired) electrons. The highest BCUT2D eigenvalue weighted by Crippen LogP contribution is 2.42. The minimum Gasteiger partial charge on any atom is -0.373 e. The van der Waals surface area contributed by atoms with Crippen molar-refractivity contribution >= 4 is 5.82 Å². The molecule has 1 aromatic heterocycles. The van der Waals surface area contributed by atoms with Gasteiger partial charge in [-0.3, -0.25) is 0 Å². The number of methoxy groups -OCH3 is 1. The highest BCUT2D eigenvalue weighted by molar-refractivity contribution is 5.37. The fraction of sp³-hybridized carbons (Fsp3) is 0.733. The highest BCUT2D eigenvalue weighted by Gasteiger charge is 2.34. The summed E-state index contributed by atoms with van der Waals surface area (Å²) in [5.41, 5.74) is 1.09. The molecule has 0 aliphatic heterocycles. The first-order valence-corrected chi connectivity index (χ1v) is 7.31. The maximum absolute atomic E-state index is 5.60. The molecule has 0 spiro atoms. The van der Waals surface area contributed by atoms with Crippen LogP contribution in [0.5, 0.6) is 0 Å². The summed E-state index contributed by atoms with van der Waals surface area (Å²) in [6, 6.07) is 2.06. The summed E-state index contributed by atoms with van der Waals surface area (Å²) in [4.78, 5) is 9.34. The smallest absolute Gasteiger partial charge is 0.160 e. The second-order valence-electron chi connectivity index (χ2n) is 5.61. The molecule has 1 aromatic rings. The van der Waals surface area contributed by atoms with Crippen molar-refractivity contribution in [3.63, 3.8) is 0 Å². The second-order valence-corrected chi connectivity index (χ2v) is 5.61. The molecule has 106 valence electrons. The maximum atomic E-state index is 5.60. The molecule has 0 bridgehead atoms. The third-order valence-corrected chi connectivity index (χ3v) is 3.47. The Hall–Kier alpha value is -1.16. The van der Waals surface area contributed by atoms with E-state index < -0.39 is 0 Å². The van der Waals surface area contributed by atoms with Gasteiger partial charge in [-0.1, -0.05) is 20.8 Å². The molecular weight excluding hydrogens is 238 g/mol. The van der Waals surface area contributed by atoms with Gasteiger partial charge in [0.15, 0.2) is 5.82 Å². The van der Waals surface area contributed by atoms with Crippen LogP contribution in [0.3, 0.4) is 0 Å². The molecule has 1 aliphatic carbocycles. The monoisotopic (exact) mass is 263 g/mol. The lowest BCUT2D eigenvalue weighted by Crippen LogP contribution is -2.13. The molecule has 2 rings (SSSR count). The second kappa shape index (κ2) is 6.33. The zero-order valence-corrected chi connectivity index (χ0v) is 12.4. The van der Waals surface area contributed by atoms with Gasteiger partial charge in [-0.05, 0) is 31.1 Å². The summed E-state index contributed by atoms with van der Waals surface area (Å²) in [7, 11) is 1.76. The molecule has 1 saturated carbocycles. The Morgan fingerprint density at radius 1 is 1.37 bits per heavy atom. The topological polar surface area (TPSA) is 47.0 Å². The molecule has 1 fully saturated rings. The van der Waals surface area contributed by atoms with E-state index in [0.717, 1.165) is 30.3 Å². The molecule has 1 N–H and O–H groups in total. The molecule has 4 nitrogen and oxygen atoms in total. The van der Waals surface area contributed by atoms with Gasteiger partial charge in [0.2, 0.25) is 0 Å². The van der Waals surface area contributed by atoms with Crippen LogP contribution in [0.2, 0.25) is 0 Å². The summed E-state index contributed by atoms with van der Waals surface area (Å²) in [5, 5.41) is 3.36. The first kappa shape index (κ1) is 14.3. The number of nitrogens with one attached hydrogen (secondary N) is 1. The Bertz CT molecular complexity index is 416. The van der Waals surface area contributed by atoms with Crippen molar-refractivity contribution in [2.45, 2.75) is 52.1 Å². The van der Waals surface area contributed by atoms with E-state index in [1.54, 1.807) is 7.11 Å². The van der Waals surface area contributed by atoms with Gasteiger partial charge in [-0.15, -0.1) is 0 Å². The van der Waals surface area contributed by atoms with Crippen molar-refractivity contribution in [1.29, 1.82) is 0 Å². The van der Waals surface area contributed by atoms with Crippen molar-refractivity contribution in [3.8, 4) is 0 Å². The number of aromatic nitrogens is 2. The molecule has 0 saturated heterocycles. The van der Waals surface area contributed by atoms with Crippen molar-refractivity contribution in [2.24, 2.45) is 5.92 Å². The molecule has 1 heterocycles. The van der Waals surface area contributed by atoms with Crippen LogP contribution in [0.1, 0.15) is 63.6 Å². The average molecular weight is 263 g/mol. The van der Waals surface area contributed by atoms with Crippen LogP contribution in [0.15, 0.2) is 6.07 Å². The Kier molecular flexibility index (Phi) is 4.75. The summed E-state index contributed by atoms with van der Waals surface area (Å²) >= 11 is 0. The zero-order chi connectivity index (χ0) is 13.8. The first-order valence-electron chi connectivity index (χ1n) is 7.31. The summed E-state index contributed by atoms with van der Waals surface area (Å²) in [6.07, 6.45) is 3.60. The van der Waals surface area contributed by atoms with Crippen molar-refractivity contribution in [1.82, 2.24) is 9.97 Å². The molecule has 0 aromatic carbocycles. The molecule has 0 amide bonds. The van der Waals surface area contributed by atoms with Gasteiger partial charge < -0.3 is 10.1 Å². The molecule has 19 heavy (non-hydrogen) atoms. The lowest BCUT2D eigenvalue weighted by atomic mass is 10.1. The fourth-order valence-corrected chi connectivity index (χ4v) is 2.16. The van der Waals surface area contributed by atoms with E-state index in [0.29, 0.717) is 11.8 Å². The Morgan fingerprint density at radius 3 is 2.63 bits per heavy atom. The predicted molar refractivity (Wildman–Crippen MR) is 77.4 cm³/mol. The molecule has 1 atom stereocenters. The number of rotatable bonds is 7. The van der Waals surface area contributed by atoms with Gasteiger partial charge in [-0.2, -0.15) is 0 Å². The van der Waals surface area contributed by atoms with Gasteiger partial charge in [0.25, 0.3) is 0 Å². The quantitative estimate of drug-likeness (QED) is 0.817. The van der Waals surface area contributed by atoms with E-state index in [1.165, 1.54) is 12.8 Å². The predicted octanol–water partition coefficient (Wildman–Crippen LogP) is 3.52. The van der Waals surface area contributed by atoms with E-state index in [1.807, 2.05) is 0 Å². The van der Waals surface area contributed by atoms with Gasteiger partial charge in [-0.25, -0.2) is 9.97 Å². The largest absolute Gasteiger partial charge is 0.373 e. The molecule has 4 heteroatoms. The molecule has 1 aliphatic rings. The van der Waals surface area contributed by atoms with Crippen LogP contribution in [0.25, 0.3) is 0 Å². The minimum atomic E-state index is 0.0564. The van der Waals surface area contributed by atoms with Gasteiger partial charge >= 0.3 is 0 Å². The van der Waals surface area contributed by atoms with Crippen LogP contribution in [-0.2, 0) is 4.74 Å². The summed E-state index contributed by atoms with van der Waals surface area (Å²) in [5.74, 6) is 2.78. The van der Waals surface area contributed by atoms with Gasteiger partial charge in [0, 0.05) is 25.4 Å². The lowest BCUT2D eigenvalue weighted by Gasteiger charge is -2.17. The molecule has 1 unspecified atom stereocenters. The third-order valence-electron chi connectivity index (χ3n) is 3.47. The van der Waals surface area contributed by atoms with E-state index in [9.17, 15) is 0 Å². The number of anilines is 1. The van der Waals surface area contributed by atoms with Crippen LogP contribution in [0, 0.1) is 5.92 Å². The standard InChI is InChI=1S/C15H25N3O/c1-5-8-16-13-9-12(10(2)3)17-15(18-13)14(19-4)11-6-7-11/h9-11,14H,5-8H2,1-4H3,(H,16,17,18). The summed E-state index contributed by atoms with van der Waals surface area (Å²) < 4.78 is 5.60. The Balaban J connectivity index is 2.27. The Labute approximate surface area is 116 Å². The van der Waals surface area contributed by atoms with Crippen LogP contribution in [0.4, 0.5) is 5.82 Å². The third kappa shape index (κ3) is 3.66. The average Bonchev–Trinajstić information content (AvgIpc) is 3.21. The number of hydrogen-bond acceptors (Lipinski definition) is 4. The highest BCUT2D eigenvalue weighted by atomic mass is 16.5. The first-order chi connectivity index (χ1) is 9.15. The van der Waals surface area contributed by atoms with E-state index in [2.05, 4.69) is 37.1 Å². The van der Waals surface area contributed by atoms with Crippen molar-refractivity contribution < 1.29 is 4.74 Å². The number of ether oxygens (including phenoxy) is 1. The van der Waals surface area contributed by atoms with E-state index >= 15 is 0 Å². The minimum absolute atomic E-state index is 0.0564. The van der Waals surface area contributed by atoms with E-state index in [4.69, 9.17) is 9.72 Å². The van der Waals surface area contributed by atoms with Crippen molar-refractivity contribution in [2.75, 3.05) is 19.0 Å². The zero-order valence-electron chi connectivity index (χ0n) is 12.4. The summed E-state index contributed by atoms with van der Waals surface area (Å²) in [6.45, 7) is 7.42. The van der Waals surface area contributed by atoms with Crippen molar-refractivity contribution in [3.05, 3.63) is 17.6 Å². The lowest BCUT2D eigenvalue weighted by molar-refractivity contribution is 0.0771. The number of nitrogens with zero attached hydrogens (tertiary/aromatic N) is 2. The normalized spacial score (nSPS) is 16.7.